The van der Waals surface area contributed by atoms with Crippen molar-refractivity contribution in [2.24, 2.45) is 11.8 Å². The maximum absolute atomic E-state index is 14.4. The van der Waals surface area contributed by atoms with Crippen LogP contribution in [0.15, 0.2) is 36.9 Å². The highest BCUT2D eigenvalue weighted by molar-refractivity contribution is 8.02. The van der Waals surface area contributed by atoms with Gasteiger partial charge < -0.3 is 24.4 Å². The van der Waals surface area contributed by atoms with Crippen LogP contribution in [0.5, 0.6) is 5.75 Å². The molecule has 2 bridgehead atoms. The van der Waals surface area contributed by atoms with Crippen molar-refractivity contribution in [1.82, 2.24) is 4.90 Å². The van der Waals surface area contributed by atoms with Crippen LogP contribution in [-0.2, 0) is 19.1 Å². The molecule has 0 aromatic heterocycles. The molecule has 3 saturated heterocycles. The van der Waals surface area contributed by atoms with Crippen LogP contribution >= 0.6 is 11.8 Å². The van der Waals surface area contributed by atoms with Crippen molar-refractivity contribution in [1.29, 1.82) is 0 Å². The lowest BCUT2D eigenvalue weighted by Crippen LogP contribution is -2.57. The van der Waals surface area contributed by atoms with Gasteiger partial charge in [-0.05, 0) is 50.5 Å². The molecule has 2 unspecified atom stereocenters. The van der Waals surface area contributed by atoms with Gasteiger partial charge in [0, 0.05) is 17.5 Å². The molecule has 3 fully saturated rings. The molecule has 9 heteroatoms. The molecule has 1 aromatic carbocycles. The van der Waals surface area contributed by atoms with E-state index in [0.29, 0.717) is 24.3 Å². The van der Waals surface area contributed by atoms with E-state index in [4.69, 9.17) is 9.47 Å². The number of ether oxygens (including phenoxy) is 2. The Morgan fingerprint density at radius 2 is 2.06 bits per heavy atom. The Kier molecular flexibility index (Phi) is 7.47. The molecule has 1 N–H and O–H groups in total. The Bertz CT molecular complexity index is 981. The second-order valence-electron chi connectivity index (χ2n) is 9.23. The van der Waals surface area contributed by atoms with E-state index in [1.165, 1.54) is 0 Å². The Hall–Kier alpha value is -2.52. The van der Waals surface area contributed by atoms with Gasteiger partial charge in [-0.15, -0.1) is 18.3 Å². The smallest absolute Gasteiger partial charge is 0.310 e. The number of hydrogen-bond donors (Lipinski definition) is 1. The molecular formula is C26H34N2O6S. The van der Waals surface area contributed by atoms with E-state index in [2.05, 4.69) is 6.58 Å². The van der Waals surface area contributed by atoms with E-state index < -0.39 is 28.7 Å². The van der Waals surface area contributed by atoms with Gasteiger partial charge in [0.25, 0.3) is 5.91 Å². The minimum atomic E-state index is -0.798. The molecule has 35 heavy (non-hydrogen) atoms. The largest absolute Gasteiger partial charge is 0.497 e. The number of carbonyl (C=O) groups excluding carboxylic acids is 3. The molecule has 6 atom stereocenters. The van der Waals surface area contributed by atoms with Crippen molar-refractivity contribution in [2.75, 3.05) is 31.8 Å². The highest BCUT2D eigenvalue weighted by Gasteiger charge is 2.74. The molecule has 3 heterocycles. The summed E-state index contributed by atoms with van der Waals surface area (Å²) in [5.74, 6) is -1.37. The summed E-state index contributed by atoms with van der Waals surface area (Å²) in [6.07, 6.45) is 3.56. The number of fused-ring (bicyclic) bond motifs is 1. The summed E-state index contributed by atoms with van der Waals surface area (Å²) in [5.41, 5.74) is 0.666. The van der Waals surface area contributed by atoms with Crippen molar-refractivity contribution < 1.29 is 29.0 Å². The summed E-state index contributed by atoms with van der Waals surface area (Å²) in [7, 11) is 1.58. The number of aliphatic hydroxyl groups is 1. The summed E-state index contributed by atoms with van der Waals surface area (Å²) >= 11 is 1.59. The molecule has 1 aromatic rings. The number of esters is 1. The highest BCUT2D eigenvalue weighted by atomic mass is 32.2. The van der Waals surface area contributed by atoms with Crippen LogP contribution in [0, 0.1) is 11.8 Å². The molecule has 3 aliphatic heterocycles. The molecule has 0 radical (unpaired) electrons. The fourth-order valence-electron chi connectivity index (χ4n) is 6.05. The number of hydrogen-bond acceptors (Lipinski definition) is 7. The second-order valence-corrected chi connectivity index (χ2v) is 10.8. The first-order chi connectivity index (χ1) is 16.9. The number of nitrogens with zero attached hydrogens (tertiary/aromatic N) is 2. The van der Waals surface area contributed by atoms with Crippen molar-refractivity contribution in [3.8, 4) is 5.75 Å². The van der Waals surface area contributed by atoms with Crippen LogP contribution in [-0.4, -0.2) is 76.7 Å². The van der Waals surface area contributed by atoms with E-state index in [1.807, 2.05) is 6.92 Å². The predicted octanol–water partition coefficient (Wildman–Crippen LogP) is 2.64. The Balaban J connectivity index is 1.79. The Labute approximate surface area is 210 Å². The maximum atomic E-state index is 14.4. The summed E-state index contributed by atoms with van der Waals surface area (Å²) in [6, 6.07) is 5.87. The second kappa shape index (κ2) is 10.2. The number of carbonyl (C=O) groups is 3. The molecule has 3 aliphatic rings. The third kappa shape index (κ3) is 4.02. The van der Waals surface area contributed by atoms with Gasteiger partial charge in [0.15, 0.2) is 0 Å². The highest BCUT2D eigenvalue weighted by Crippen LogP contribution is 2.67. The van der Waals surface area contributed by atoms with Crippen molar-refractivity contribution in [3.05, 3.63) is 36.9 Å². The topological polar surface area (TPSA) is 96.4 Å². The molecule has 0 aliphatic carbocycles. The van der Waals surface area contributed by atoms with E-state index in [0.717, 1.165) is 6.42 Å². The van der Waals surface area contributed by atoms with Gasteiger partial charge in [0.2, 0.25) is 5.91 Å². The number of rotatable bonds is 10. The summed E-state index contributed by atoms with van der Waals surface area (Å²) in [4.78, 5) is 44.5. The molecule has 1 spiro atoms. The summed E-state index contributed by atoms with van der Waals surface area (Å²) < 4.78 is 9.89. The average molecular weight is 503 g/mol. The number of benzene rings is 1. The van der Waals surface area contributed by atoms with Crippen molar-refractivity contribution in [3.63, 3.8) is 0 Å². The van der Waals surface area contributed by atoms with Crippen LogP contribution in [0.3, 0.4) is 0 Å². The monoisotopic (exact) mass is 502 g/mol. The number of methoxy groups -OCH3 is 1. The Morgan fingerprint density at radius 1 is 1.34 bits per heavy atom. The van der Waals surface area contributed by atoms with Gasteiger partial charge >= 0.3 is 5.97 Å². The van der Waals surface area contributed by atoms with Crippen molar-refractivity contribution >= 4 is 35.2 Å². The van der Waals surface area contributed by atoms with Gasteiger partial charge in [-0.1, -0.05) is 13.0 Å². The van der Waals surface area contributed by atoms with Crippen LogP contribution in [0.2, 0.25) is 0 Å². The molecule has 190 valence electrons. The lowest BCUT2D eigenvalue weighted by Gasteiger charge is -2.39. The zero-order chi connectivity index (χ0) is 25.3. The van der Waals surface area contributed by atoms with Crippen LogP contribution in [0.1, 0.15) is 33.1 Å². The maximum Gasteiger partial charge on any atom is 0.310 e. The first kappa shape index (κ1) is 25.6. The normalized spacial score (nSPS) is 29.6. The fourth-order valence-corrected chi connectivity index (χ4v) is 8.23. The van der Waals surface area contributed by atoms with Crippen LogP contribution in [0.4, 0.5) is 5.69 Å². The first-order valence-corrected chi connectivity index (χ1v) is 13.1. The van der Waals surface area contributed by atoms with E-state index >= 15 is 0 Å². The lowest BCUT2D eigenvalue weighted by atomic mass is 9.71. The third-order valence-electron chi connectivity index (χ3n) is 7.57. The summed E-state index contributed by atoms with van der Waals surface area (Å²) in [6.45, 7) is 7.72. The van der Waals surface area contributed by atoms with Crippen LogP contribution in [0.25, 0.3) is 0 Å². The minimum Gasteiger partial charge on any atom is -0.497 e. The number of aliphatic hydroxyl groups excluding tert-OH is 1. The van der Waals surface area contributed by atoms with Gasteiger partial charge in [-0.25, -0.2) is 0 Å². The SMILES string of the molecule is C=CCN(C(=O)C1N([C@@H](CC)CO)C(=O)[C@@H]2[C@H](C(=O)OCC)[C@@H]3CCC12S3)c1ccc(OC)cc1. The van der Waals surface area contributed by atoms with E-state index in [1.54, 1.807) is 65.9 Å². The molecule has 4 rings (SSSR count). The minimum absolute atomic E-state index is 0.0523. The van der Waals surface area contributed by atoms with Crippen LogP contribution < -0.4 is 9.64 Å². The fraction of sp³-hybridized carbons (Fsp3) is 0.577. The zero-order valence-electron chi connectivity index (χ0n) is 20.5. The van der Waals surface area contributed by atoms with Gasteiger partial charge in [-0.2, -0.15) is 0 Å². The molecule has 2 amide bonds. The number of amides is 2. The number of likely N-dealkylation sites (tertiary alicyclic amines) is 1. The van der Waals surface area contributed by atoms with E-state index in [9.17, 15) is 19.5 Å². The van der Waals surface area contributed by atoms with E-state index in [-0.39, 0.29) is 42.8 Å². The average Bonchev–Trinajstić information content (AvgIpc) is 3.51. The predicted molar refractivity (Wildman–Crippen MR) is 134 cm³/mol. The first-order valence-electron chi connectivity index (χ1n) is 12.2. The van der Waals surface area contributed by atoms with Gasteiger partial charge in [0.05, 0.1) is 42.9 Å². The molecular weight excluding hydrogens is 468 g/mol. The van der Waals surface area contributed by atoms with Crippen molar-refractivity contribution in [2.45, 2.75) is 55.2 Å². The lowest BCUT2D eigenvalue weighted by molar-refractivity contribution is -0.154. The van der Waals surface area contributed by atoms with Gasteiger partial charge in [-0.3, -0.25) is 14.4 Å². The quantitative estimate of drug-likeness (QED) is 0.388. The zero-order valence-corrected chi connectivity index (χ0v) is 21.3. The molecule has 0 saturated carbocycles. The molecule has 8 nitrogen and oxygen atoms in total. The Morgan fingerprint density at radius 3 is 2.63 bits per heavy atom. The number of anilines is 1. The van der Waals surface area contributed by atoms with Gasteiger partial charge in [0.1, 0.15) is 11.8 Å². The summed E-state index contributed by atoms with van der Waals surface area (Å²) in [5, 5.41) is 10.1. The standard InChI is InChI=1S/C26H34N2O6S/c1-5-14-27(17-8-10-18(33-4)11-9-17)24(31)22-26-13-12-19(35-26)20(25(32)34-7-3)21(26)23(30)28(22)16(6-2)15-29/h5,8-11,16,19-22,29H,1,6-7,12-15H2,2-4H3/t16-,19-,20+,21-,22?,26?/m0/s1. The number of thioether (sulfide) groups is 1. The third-order valence-corrected chi connectivity index (χ3v) is 9.52.